The van der Waals surface area contributed by atoms with Gasteiger partial charge < -0.3 is 0 Å². The quantitative estimate of drug-likeness (QED) is 0.494. The Kier molecular flexibility index (Phi) is 2.25. The number of pyridine rings is 4. The lowest BCUT2D eigenvalue weighted by molar-refractivity contribution is 0.659. The zero-order valence-corrected chi connectivity index (χ0v) is 12.9. The molecule has 4 heteroatoms. The van der Waals surface area contributed by atoms with Gasteiger partial charge in [-0.05, 0) is 47.5 Å². The first-order chi connectivity index (χ1) is 11.1. The van der Waals surface area contributed by atoms with Gasteiger partial charge in [-0.1, -0.05) is 13.8 Å². The van der Waals surface area contributed by atoms with Gasteiger partial charge >= 0.3 is 0 Å². The Balaban J connectivity index is 1.92. The average molecular weight is 298 g/mol. The summed E-state index contributed by atoms with van der Waals surface area (Å²) in [6.45, 7) is 4.46. The minimum atomic E-state index is -0.126. The number of aromatic nitrogens is 4. The lowest BCUT2D eigenvalue weighted by atomic mass is 9.82. The Morgan fingerprint density at radius 3 is 1.70 bits per heavy atom. The molecular weight excluding hydrogens is 284 g/mol. The van der Waals surface area contributed by atoms with E-state index in [1.807, 2.05) is 12.1 Å². The van der Waals surface area contributed by atoms with E-state index >= 15 is 0 Å². The fourth-order valence-corrected chi connectivity index (χ4v) is 3.47. The third-order valence-corrected chi connectivity index (χ3v) is 4.75. The van der Waals surface area contributed by atoms with Gasteiger partial charge in [0.2, 0.25) is 0 Å². The number of hydrogen-bond donors (Lipinski definition) is 0. The largest absolute Gasteiger partial charge is 0.237 e. The lowest BCUT2D eigenvalue weighted by Crippen LogP contribution is -2.15. The van der Waals surface area contributed by atoms with Crippen molar-refractivity contribution in [3.05, 3.63) is 59.9 Å². The first-order valence-corrected chi connectivity index (χ1v) is 7.67. The summed E-state index contributed by atoms with van der Waals surface area (Å²) in [7, 11) is 0. The molecule has 1 aliphatic carbocycles. The highest BCUT2D eigenvalue weighted by molar-refractivity contribution is 5.88. The maximum Gasteiger partial charge on any atom is 0.159 e. The van der Waals surface area contributed by atoms with E-state index in [9.17, 15) is 0 Å². The minimum Gasteiger partial charge on any atom is -0.237 e. The third kappa shape index (κ3) is 1.60. The van der Waals surface area contributed by atoms with Crippen LogP contribution in [0.15, 0.2) is 48.8 Å². The van der Waals surface area contributed by atoms with Gasteiger partial charge in [0.25, 0.3) is 0 Å². The van der Waals surface area contributed by atoms with Gasteiger partial charge in [-0.15, -0.1) is 0 Å². The predicted octanol–water partition coefficient (Wildman–Crippen LogP) is 3.88. The van der Waals surface area contributed by atoms with E-state index < -0.39 is 0 Å². The van der Waals surface area contributed by atoms with Crippen molar-refractivity contribution >= 4 is 22.1 Å². The van der Waals surface area contributed by atoms with E-state index in [0.717, 1.165) is 33.5 Å². The van der Waals surface area contributed by atoms with Crippen LogP contribution in [-0.4, -0.2) is 19.9 Å². The molecule has 0 bridgehead atoms. The van der Waals surface area contributed by atoms with Crippen molar-refractivity contribution < 1.29 is 0 Å². The second-order valence-electron chi connectivity index (χ2n) is 6.49. The van der Waals surface area contributed by atoms with Crippen molar-refractivity contribution in [1.29, 1.82) is 0 Å². The molecule has 23 heavy (non-hydrogen) atoms. The molecule has 0 aliphatic heterocycles. The van der Waals surface area contributed by atoms with Crippen molar-refractivity contribution in [2.75, 3.05) is 0 Å². The zero-order chi connectivity index (χ0) is 15.6. The van der Waals surface area contributed by atoms with Crippen LogP contribution in [0.1, 0.15) is 25.0 Å². The summed E-state index contributed by atoms with van der Waals surface area (Å²) in [6, 6.07) is 12.4. The van der Waals surface area contributed by atoms with Gasteiger partial charge in [-0.25, -0.2) is 19.9 Å². The Hall–Kier alpha value is -2.88. The first kappa shape index (κ1) is 12.6. The molecular formula is C19H14N4. The minimum absolute atomic E-state index is 0.126. The van der Waals surface area contributed by atoms with Gasteiger partial charge in [0.1, 0.15) is 0 Å². The van der Waals surface area contributed by atoms with Gasteiger partial charge in [-0.2, -0.15) is 0 Å². The summed E-state index contributed by atoms with van der Waals surface area (Å²) < 4.78 is 0. The Labute approximate surface area is 133 Å². The molecule has 0 amide bonds. The number of hydrogen-bond acceptors (Lipinski definition) is 4. The zero-order valence-electron chi connectivity index (χ0n) is 12.9. The van der Waals surface area contributed by atoms with Crippen molar-refractivity contribution in [2.45, 2.75) is 19.3 Å². The number of nitrogens with zero attached hydrogens (tertiary/aromatic N) is 4. The molecule has 4 aromatic heterocycles. The second-order valence-corrected chi connectivity index (χ2v) is 6.49. The predicted molar refractivity (Wildman–Crippen MR) is 90.2 cm³/mol. The molecule has 1 aliphatic rings. The maximum atomic E-state index is 4.80. The van der Waals surface area contributed by atoms with E-state index in [4.69, 9.17) is 9.97 Å². The summed E-state index contributed by atoms with van der Waals surface area (Å²) in [5, 5.41) is 2.13. The van der Waals surface area contributed by atoms with Crippen molar-refractivity contribution in [1.82, 2.24) is 19.9 Å². The third-order valence-electron chi connectivity index (χ3n) is 4.75. The van der Waals surface area contributed by atoms with Crippen LogP contribution >= 0.6 is 0 Å². The normalized spacial score (nSPS) is 14.9. The molecule has 0 unspecified atom stereocenters. The van der Waals surface area contributed by atoms with Crippen molar-refractivity contribution in [2.24, 2.45) is 0 Å². The first-order valence-electron chi connectivity index (χ1n) is 7.67. The molecule has 110 valence electrons. The van der Waals surface area contributed by atoms with Gasteiger partial charge in [0, 0.05) is 28.6 Å². The molecule has 4 heterocycles. The van der Waals surface area contributed by atoms with Gasteiger partial charge in [-0.3, -0.25) is 0 Å². The molecule has 0 saturated heterocycles. The molecule has 0 aromatic carbocycles. The molecule has 0 saturated carbocycles. The second kappa shape index (κ2) is 4.10. The van der Waals surface area contributed by atoms with Crippen LogP contribution in [-0.2, 0) is 5.41 Å². The lowest BCUT2D eigenvalue weighted by Gasteiger charge is -2.21. The van der Waals surface area contributed by atoms with Crippen LogP contribution in [0.2, 0.25) is 0 Å². The Bertz CT molecular complexity index is 1010. The molecule has 0 radical (unpaired) electrons. The molecule has 0 N–H and O–H groups in total. The monoisotopic (exact) mass is 298 g/mol. The number of rotatable bonds is 0. The SMILES string of the molecule is CC1(C)c2cc3cccnc3nc2-c2nc3ncccc3cc21. The van der Waals surface area contributed by atoms with E-state index in [1.165, 1.54) is 11.1 Å². The summed E-state index contributed by atoms with van der Waals surface area (Å²) in [5.74, 6) is 0. The van der Waals surface area contributed by atoms with E-state index in [1.54, 1.807) is 12.4 Å². The summed E-state index contributed by atoms with van der Waals surface area (Å²) >= 11 is 0. The molecule has 0 spiro atoms. The Morgan fingerprint density at radius 1 is 0.739 bits per heavy atom. The molecule has 5 rings (SSSR count). The van der Waals surface area contributed by atoms with Crippen molar-refractivity contribution in [3.8, 4) is 11.4 Å². The van der Waals surface area contributed by atoms with Crippen LogP contribution in [0.5, 0.6) is 0 Å². The van der Waals surface area contributed by atoms with Crippen LogP contribution in [0.3, 0.4) is 0 Å². The van der Waals surface area contributed by atoms with Gasteiger partial charge in [0.05, 0.1) is 11.4 Å². The smallest absolute Gasteiger partial charge is 0.159 e. The summed E-state index contributed by atoms with van der Waals surface area (Å²) in [5.41, 5.74) is 5.67. The molecule has 4 nitrogen and oxygen atoms in total. The topological polar surface area (TPSA) is 51.6 Å². The number of fused-ring (bicyclic) bond motifs is 5. The molecule has 0 atom stereocenters. The highest BCUT2D eigenvalue weighted by Gasteiger charge is 2.38. The Morgan fingerprint density at radius 2 is 1.22 bits per heavy atom. The fourth-order valence-electron chi connectivity index (χ4n) is 3.47. The highest BCUT2D eigenvalue weighted by Crippen LogP contribution is 2.48. The van der Waals surface area contributed by atoms with Gasteiger partial charge in [0.15, 0.2) is 11.3 Å². The maximum absolute atomic E-state index is 4.80. The van der Waals surface area contributed by atoms with E-state index in [2.05, 4.69) is 48.1 Å². The summed E-state index contributed by atoms with van der Waals surface area (Å²) in [4.78, 5) is 18.4. The molecule has 4 aromatic rings. The van der Waals surface area contributed by atoms with E-state index in [-0.39, 0.29) is 5.41 Å². The highest BCUT2D eigenvalue weighted by atomic mass is 14.9. The van der Waals surface area contributed by atoms with Crippen LogP contribution in [0.25, 0.3) is 33.5 Å². The molecule has 0 fully saturated rings. The average Bonchev–Trinajstić information content (AvgIpc) is 2.79. The van der Waals surface area contributed by atoms with E-state index in [0.29, 0.717) is 0 Å². The van der Waals surface area contributed by atoms with Crippen LogP contribution < -0.4 is 0 Å². The van der Waals surface area contributed by atoms with Crippen molar-refractivity contribution in [3.63, 3.8) is 0 Å². The fraction of sp³-hybridized carbons (Fsp3) is 0.158. The van der Waals surface area contributed by atoms with Crippen LogP contribution in [0.4, 0.5) is 0 Å². The standard InChI is InChI=1S/C19H14N4/c1-19(2)13-9-11-5-3-7-20-17(11)22-15(13)16-14(19)10-12-6-4-8-21-18(12)23-16/h3-10H,1-2H3. The summed E-state index contributed by atoms with van der Waals surface area (Å²) in [6.07, 6.45) is 3.55. The van der Waals surface area contributed by atoms with Crippen LogP contribution in [0, 0.1) is 0 Å².